The Morgan fingerprint density at radius 2 is 1.79 bits per heavy atom. The molecule has 3 rings (SSSR count). The molecule has 1 aromatic heterocycles. The van der Waals surface area contributed by atoms with Crippen LogP contribution in [0.3, 0.4) is 0 Å². The van der Waals surface area contributed by atoms with Gasteiger partial charge in [-0.1, -0.05) is 13.0 Å². The molecule has 0 N–H and O–H groups in total. The average molecular weight is 401 g/mol. The highest BCUT2D eigenvalue weighted by Crippen LogP contribution is 2.16. The highest BCUT2D eigenvalue weighted by molar-refractivity contribution is 7.09. The van der Waals surface area contributed by atoms with E-state index in [1.54, 1.807) is 23.5 Å². The smallest absolute Gasteiger partial charge is 0.223 e. The molecule has 0 unspecified atom stereocenters. The van der Waals surface area contributed by atoms with E-state index in [0.717, 1.165) is 44.9 Å². The maximum atomic E-state index is 12.5. The van der Waals surface area contributed by atoms with Crippen molar-refractivity contribution in [1.29, 1.82) is 0 Å². The minimum Gasteiger partial charge on any atom is -0.494 e. The van der Waals surface area contributed by atoms with Crippen LogP contribution in [-0.4, -0.2) is 54.3 Å². The van der Waals surface area contributed by atoms with Crippen molar-refractivity contribution >= 4 is 23.0 Å². The van der Waals surface area contributed by atoms with Gasteiger partial charge in [0.05, 0.1) is 6.61 Å². The number of hydrogen-bond acceptors (Lipinski definition) is 5. The summed E-state index contributed by atoms with van der Waals surface area (Å²) in [4.78, 5) is 30.5. The summed E-state index contributed by atoms with van der Waals surface area (Å²) in [5.41, 5.74) is 0.636. The third-order valence-corrected chi connectivity index (χ3v) is 5.76. The predicted octanol–water partition coefficient (Wildman–Crippen LogP) is 3.84. The summed E-state index contributed by atoms with van der Waals surface area (Å²) in [6.07, 6.45) is 1.48. The predicted molar refractivity (Wildman–Crippen MR) is 112 cm³/mol. The molecule has 1 amide bonds. The molecule has 1 fully saturated rings. The number of benzene rings is 1. The standard InChI is InChI=1S/C22H28N2O3S/c1-2-15-27-19-7-5-18(6-8-19)21(25)9-10-22(26)24-13-11-23(12-14-24)17-20-4-3-16-28-20/h3-8,16H,2,9-15,17H2,1H3. The number of Topliss-reactive ketones (excluding diaryl/α,β-unsaturated/α-hetero) is 1. The first-order valence-corrected chi connectivity index (χ1v) is 10.8. The molecule has 5 nitrogen and oxygen atoms in total. The number of rotatable bonds is 9. The van der Waals surface area contributed by atoms with E-state index in [-0.39, 0.29) is 24.5 Å². The summed E-state index contributed by atoms with van der Waals surface area (Å²) in [5.74, 6) is 0.855. The SMILES string of the molecule is CCCOc1ccc(C(=O)CCC(=O)N2CCN(Cc3cccs3)CC2)cc1. The molecule has 0 aliphatic carbocycles. The molecule has 28 heavy (non-hydrogen) atoms. The number of carbonyl (C=O) groups is 2. The van der Waals surface area contributed by atoms with Crippen LogP contribution < -0.4 is 4.74 Å². The third kappa shape index (κ3) is 5.91. The van der Waals surface area contributed by atoms with Gasteiger partial charge in [0.25, 0.3) is 0 Å². The van der Waals surface area contributed by atoms with Crippen molar-refractivity contribution in [3.63, 3.8) is 0 Å². The normalized spacial score (nSPS) is 14.8. The summed E-state index contributed by atoms with van der Waals surface area (Å²) in [7, 11) is 0. The summed E-state index contributed by atoms with van der Waals surface area (Å²) in [6, 6.07) is 11.4. The minimum absolute atomic E-state index is 0.00622. The number of amides is 1. The third-order valence-electron chi connectivity index (χ3n) is 4.90. The fraction of sp³-hybridized carbons (Fsp3) is 0.455. The largest absolute Gasteiger partial charge is 0.494 e. The zero-order valence-electron chi connectivity index (χ0n) is 16.4. The van der Waals surface area contributed by atoms with Crippen LogP contribution in [0, 0.1) is 0 Å². The zero-order chi connectivity index (χ0) is 19.8. The molecular weight excluding hydrogens is 372 g/mol. The quantitative estimate of drug-likeness (QED) is 0.600. The van der Waals surface area contributed by atoms with E-state index in [9.17, 15) is 9.59 Å². The van der Waals surface area contributed by atoms with Crippen LogP contribution >= 0.6 is 11.3 Å². The van der Waals surface area contributed by atoms with Crippen molar-refractivity contribution in [3.8, 4) is 5.75 Å². The van der Waals surface area contributed by atoms with E-state index in [1.165, 1.54) is 4.88 Å². The fourth-order valence-corrected chi connectivity index (χ4v) is 4.00. The molecule has 150 valence electrons. The summed E-state index contributed by atoms with van der Waals surface area (Å²) in [6.45, 7) is 6.93. The fourth-order valence-electron chi connectivity index (χ4n) is 3.26. The Hall–Kier alpha value is -2.18. The van der Waals surface area contributed by atoms with Gasteiger partial charge in [0.1, 0.15) is 5.75 Å². The lowest BCUT2D eigenvalue weighted by molar-refractivity contribution is -0.132. The minimum atomic E-state index is 0.00622. The van der Waals surface area contributed by atoms with E-state index in [0.29, 0.717) is 12.2 Å². The Kier molecular flexibility index (Phi) is 7.62. The number of ketones is 1. The first-order chi connectivity index (χ1) is 13.7. The molecule has 2 aromatic rings. The molecule has 1 aliphatic heterocycles. The van der Waals surface area contributed by atoms with E-state index in [4.69, 9.17) is 4.74 Å². The number of carbonyl (C=O) groups excluding carboxylic acids is 2. The second kappa shape index (κ2) is 10.4. The molecule has 0 bridgehead atoms. The van der Waals surface area contributed by atoms with Gasteiger partial charge < -0.3 is 9.64 Å². The Bertz CT molecular complexity index is 751. The summed E-state index contributed by atoms with van der Waals surface area (Å²) in [5, 5.41) is 2.10. The van der Waals surface area contributed by atoms with E-state index in [1.807, 2.05) is 17.0 Å². The summed E-state index contributed by atoms with van der Waals surface area (Å²) >= 11 is 1.77. The number of piperazine rings is 1. The molecule has 6 heteroatoms. The molecule has 1 aliphatic rings. The molecule has 2 heterocycles. The van der Waals surface area contributed by atoms with Crippen LogP contribution in [0.4, 0.5) is 0 Å². The van der Waals surface area contributed by atoms with Gasteiger partial charge in [-0.3, -0.25) is 14.5 Å². The lowest BCUT2D eigenvalue weighted by atomic mass is 10.1. The van der Waals surface area contributed by atoms with Gasteiger partial charge in [-0.2, -0.15) is 0 Å². The van der Waals surface area contributed by atoms with Gasteiger partial charge >= 0.3 is 0 Å². The van der Waals surface area contributed by atoms with Crippen LogP contribution in [0.5, 0.6) is 5.75 Å². The molecule has 1 saturated heterocycles. The number of ether oxygens (including phenoxy) is 1. The molecule has 0 saturated carbocycles. The van der Waals surface area contributed by atoms with Crippen LogP contribution in [0.2, 0.25) is 0 Å². The number of hydrogen-bond donors (Lipinski definition) is 0. The van der Waals surface area contributed by atoms with E-state index < -0.39 is 0 Å². The lowest BCUT2D eigenvalue weighted by Gasteiger charge is -2.34. The molecule has 0 radical (unpaired) electrons. The van der Waals surface area contributed by atoms with Gasteiger partial charge in [0, 0.05) is 56.0 Å². The Morgan fingerprint density at radius 1 is 1.04 bits per heavy atom. The van der Waals surface area contributed by atoms with Gasteiger partial charge in [-0.25, -0.2) is 0 Å². The van der Waals surface area contributed by atoms with Gasteiger partial charge in [0.15, 0.2) is 5.78 Å². The Balaban J connectivity index is 1.39. The van der Waals surface area contributed by atoms with Crippen molar-refractivity contribution in [3.05, 3.63) is 52.2 Å². The Labute approximate surface area is 170 Å². The van der Waals surface area contributed by atoms with Gasteiger partial charge in [0.2, 0.25) is 5.91 Å². The van der Waals surface area contributed by atoms with E-state index >= 15 is 0 Å². The average Bonchev–Trinajstić information content (AvgIpc) is 3.24. The molecule has 1 aromatic carbocycles. The molecular formula is C22H28N2O3S. The summed E-state index contributed by atoms with van der Waals surface area (Å²) < 4.78 is 5.53. The van der Waals surface area contributed by atoms with Crippen LogP contribution in [0.1, 0.15) is 41.4 Å². The maximum absolute atomic E-state index is 12.5. The highest BCUT2D eigenvalue weighted by Gasteiger charge is 2.22. The second-order valence-corrected chi connectivity index (χ2v) is 8.06. The number of nitrogens with zero attached hydrogens (tertiary/aromatic N) is 2. The molecule has 0 atom stereocenters. The highest BCUT2D eigenvalue weighted by atomic mass is 32.1. The van der Waals surface area contributed by atoms with Crippen molar-refractivity contribution in [2.24, 2.45) is 0 Å². The van der Waals surface area contributed by atoms with Crippen molar-refractivity contribution in [2.75, 3.05) is 32.8 Å². The lowest BCUT2D eigenvalue weighted by Crippen LogP contribution is -2.48. The second-order valence-electron chi connectivity index (χ2n) is 7.03. The van der Waals surface area contributed by atoms with Gasteiger partial charge in [-0.05, 0) is 42.1 Å². The first-order valence-electron chi connectivity index (χ1n) is 9.94. The Morgan fingerprint density at radius 3 is 2.43 bits per heavy atom. The zero-order valence-corrected chi connectivity index (χ0v) is 17.2. The van der Waals surface area contributed by atoms with Crippen molar-refractivity contribution in [2.45, 2.75) is 32.7 Å². The molecule has 0 spiro atoms. The van der Waals surface area contributed by atoms with Gasteiger partial charge in [-0.15, -0.1) is 11.3 Å². The number of thiophene rings is 1. The van der Waals surface area contributed by atoms with Crippen molar-refractivity contribution in [1.82, 2.24) is 9.80 Å². The van der Waals surface area contributed by atoms with E-state index in [2.05, 4.69) is 29.3 Å². The van der Waals surface area contributed by atoms with Crippen LogP contribution in [-0.2, 0) is 11.3 Å². The van der Waals surface area contributed by atoms with Crippen molar-refractivity contribution < 1.29 is 14.3 Å². The monoisotopic (exact) mass is 400 g/mol. The topological polar surface area (TPSA) is 49.9 Å². The first kappa shape index (κ1) is 20.6. The maximum Gasteiger partial charge on any atom is 0.223 e. The van der Waals surface area contributed by atoms with Crippen LogP contribution in [0.15, 0.2) is 41.8 Å². The van der Waals surface area contributed by atoms with Crippen LogP contribution in [0.25, 0.3) is 0 Å².